The summed E-state index contributed by atoms with van der Waals surface area (Å²) in [5.41, 5.74) is 3.70. The Hall–Kier alpha value is -3.87. The van der Waals surface area contributed by atoms with Crippen LogP contribution in [0.15, 0.2) is 67.0 Å². The summed E-state index contributed by atoms with van der Waals surface area (Å²) in [7, 11) is 3.30. The van der Waals surface area contributed by atoms with Crippen molar-refractivity contribution in [3.63, 3.8) is 0 Å². The first-order chi connectivity index (χ1) is 14.7. The molecule has 0 aliphatic heterocycles. The predicted octanol–water partition coefficient (Wildman–Crippen LogP) is 4.05. The zero-order chi connectivity index (χ0) is 20.8. The summed E-state index contributed by atoms with van der Waals surface area (Å²) < 4.78 is 16.5. The van der Waals surface area contributed by atoms with Crippen molar-refractivity contribution < 1.29 is 14.2 Å². The second-order valence-corrected chi connectivity index (χ2v) is 6.66. The Bertz CT molecular complexity index is 1100. The van der Waals surface area contributed by atoms with Gasteiger partial charge in [-0.25, -0.2) is 4.98 Å². The number of aromatic nitrogens is 4. The molecule has 4 aromatic rings. The van der Waals surface area contributed by atoms with Crippen LogP contribution in [0.5, 0.6) is 17.4 Å². The third-order valence-electron chi connectivity index (χ3n) is 4.59. The number of hydrogen-bond acceptors (Lipinski definition) is 6. The third-order valence-corrected chi connectivity index (χ3v) is 4.59. The van der Waals surface area contributed by atoms with Crippen LogP contribution < -0.4 is 14.2 Å². The molecule has 7 heteroatoms. The fraction of sp³-hybridized carbons (Fsp3) is 0.174. The molecule has 2 aromatic carbocycles. The first-order valence-corrected chi connectivity index (χ1v) is 9.49. The highest BCUT2D eigenvalue weighted by Crippen LogP contribution is 2.23. The maximum atomic E-state index is 5.98. The lowest BCUT2D eigenvalue weighted by Crippen LogP contribution is -2.03. The van der Waals surface area contributed by atoms with Crippen molar-refractivity contribution in [3.8, 4) is 28.6 Å². The number of aromatic amines is 1. The van der Waals surface area contributed by atoms with Gasteiger partial charge in [-0.1, -0.05) is 24.3 Å². The van der Waals surface area contributed by atoms with E-state index in [9.17, 15) is 0 Å². The van der Waals surface area contributed by atoms with E-state index in [1.165, 1.54) is 0 Å². The van der Waals surface area contributed by atoms with Gasteiger partial charge in [-0.3, -0.25) is 5.10 Å². The minimum absolute atomic E-state index is 0.393. The molecule has 0 bridgehead atoms. The van der Waals surface area contributed by atoms with Gasteiger partial charge in [0.1, 0.15) is 23.9 Å². The SMILES string of the molecule is COc1ccc(COc2cc(-c3cn[nH]c3)nc(Cc3cccc(OC)c3)n2)cc1. The minimum Gasteiger partial charge on any atom is -0.497 e. The molecular formula is C23H22N4O3. The van der Waals surface area contributed by atoms with Crippen LogP contribution >= 0.6 is 0 Å². The quantitative estimate of drug-likeness (QED) is 0.479. The molecule has 30 heavy (non-hydrogen) atoms. The van der Waals surface area contributed by atoms with Crippen LogP contribution in [0.1, 0.15) is 17.0 Å². The second-order valence-electron chi connectivity index (χ2n) is 6.66. The number of ether oxygens (including phenoxy) is 3. The molecule has 152 valence electrons. The third kappa shape index (κ3) is 4.75. The topological polar surface area (TPSA) is 82.2 Å². The number of methoxy groups -OCH3 is 2. The standard InChI is InChI=1S/C23H22N4O3/c1-28-19-8-6-16(7-9-19)15-30-23-12-21(18-13-24-25-14-18)26-22(27-23)11-17-4-3-5-20(10-17)29-2/h3-10,12-14H,11,15H2,1-2H3,(H,24,25). The van der Waals surface area contributed by atoms with Crippen molar-refractivity contribution in [1.82, 2.24) is 20.2 Å². The van der Waals surface area contributed by atoms with E-state index in [1.54, 1.807) is 26.6 Å². The molecule has 0 aliphatic rings. The van der Waals surface area contributed by atoms with Gasteiger partial charge >= 0.3 is 0 Å². The Kier molecular flexibility index (Phi) is 5.89. The van der Waals surface area contributed by atoms with Crippen LogP contribution in [0, 0.1) is 0 Å². The Morgan fingerprint density at radius 3 is 2.43 bits per heavy atom. The highest BCUT2D eigenvalue weighted by molar-refractivity contribution is 5.58. The number of rotatable bonds is 8. The summed E-state index contributed by atoms with van der Waals surface area (Å²) in [6, 6.07) is 17.4. The van der Waals surface area contributed by atoms with Crippen LogP contribution in [-0.4, -0.2) is 34.4 Å². The predicted molar refractivity (Wildman–Crippen MR) is 113 cm³/mol. The Balaban J connectivity index is 1.58. The fourth-order valence-electron chi connectivity index (χ4n) is 3.01. The summed E-state index contributed by atoms with van der Waals surface area (Å²) in [5.74, 6) is 2.78. The second kappa shape index (κ2) is 9.09. The van der Waals surface area contributed by atoms with E-state index >= 15 is 0 Å². The first kappa shape index (κ1) is 19.4. The van der Waals surface area contributed by atoms with Crippen molar-refractivity contribution >= 4 is 0 Å². The lowest BCUT2D eigenvalue weighted by molar-refractivity contribution is 0.292. The normalized spacial score (nSPS) is 10.6. The number of nitrogens with one attached hydrogen (secondary N) is 1. The number of H-pyrrole nitrogens is 1. The highest BCUT2D eigenvalue weighted by Gasteiger charge is 2.10. The van der Waals surface area contributed by atoms with Gasteiger partial charge < -0.3 is 14.2 Å². The van der Waals surface area contributed by atoms with E-state index in [4.69, 9.17) is 19.2 Å². The molecule has 2 aromatic heterocycles. The maximum Gasteiger partial charge on any atom is 0.217 e. The van der Waals surface area contributed by atoms with Gasteiger partial charge in [-0.15, -0.1) is 0 Å². The van der Waals surface area contributed by atoms with Crippen LogP contribution in [0.3, 0.4) is 0 Å². The molecule has 0 saturated carbocycles. The lowest BCUT2D eigenvalue weighted by Gasteiger charge is -2.10. The summed E-state index contributed by atoms with van der Waals surface area (Å²) >= 11 is 0. The monoisotopic (exact) mass is 402 g/mol. The van der Waals surface area contributed by atoms with E-state index in [2.05, 4.69) is 15.2 Å². The molecule has 0 saturated heterocycles. The smallest absolute Gasteiger partial charge is 0.217 e. The van der Waals surface area contributed by atoms with Crippen molar-refractivity contribution in [3.05, 3.63) is 83.9 Å². The number of hydrogen-bond donors (Lipinski definition) is 1. The summed E-state index contributed by atoms with van der Waals surface area (Å²) in [6.45, 7) is 0.393. The van der Waals surface area contributed by atoms with Gasteiger partial charge in [0.25, 0.3) is 0 Å². The minimum atomic E-state index is 0.393. The average molecular weight is 402 g/mol. The van der Waals surface area contributed by atoms with Gasteiger partial charge in [-0.05, 0) is 35.4 Å². The molecule has 0 spiro atoms. The lowest BCUT2D eigenvalue weighted by atomic mass is 10.1. The Morgan fingerprint density at radius 1 is 0.867 bits per heavy atom. The molecule has 0 amide bonds. The van der Waals surface area contributed by atoms with Crippen LogP contribution in [0.2, 0.25) is 0 Å². The van der Waals surface area contributed by atoms with Crippen molar-refractivity contribution in [2.45, 2.75) is 13.0 Å². The summed E-state index contributed by atoms with van der Waals surface area (Å²) in [5, 5.41) is 6.84. The van der Waals surface area contributed by atoms with Crippen molar-refractivity contribution in [1.29, 1.82) is 0 Å². The molecule has 0 fully saturated rings. The zero-order valence-corrected chi connectivity index (χ0v) is 16.8. The molecule has 0 atom stereocenters. The molecule has 0 unspecified atom stereocenters. The van der Waals surface area contributed by atoms with E-state index in [0.717, 1.165) is 33.9 Å². The molecule has 7 nitrogen and oxygen atoms in total. The van der Waals surface area contributed by atoms with Gasteiger partial charge in [0.05, 0.1) is 26.1 Å². The van der Waals surface area contributed by atoms with Crippen molar-refractivity contribution in [2.24, 2.45) is 0 Å². The summed E-state index contributed by atoms with van der Waals surface area (Å²) in [6.07, 6.45) is 4.08. The number of nitrogens with zero attached hydrogens (tertiary/aromatic N) is 3. The molecular weight excluding hydrogens is 380 g/mol. The summed E-state index contributed by atoms with van der Waals surface area (Å²) in [4.78, 5) is 9.31. The fourth-order valence-corrected chi connectivity index (χ4v) is 3.01. The highest BCUT2D eigenvalue weighted by atomic mass is 16.5. The van der Waals surface area contributed by atoms with Crippen molar-refractivity contribution in [2.75, 3.05) is 14.2 Å². The maximum absolute atomic E-state index is 5.98. The zero-order valence-electron chi connectivity index (χ0n) is 16.8. The largest absolute Gasteiger partial charge is 0.497 e. The van der Waals surface area contributed by atoms with E-state index < -0.39 is 0 Å². The first-order valence-electron chi connectivity index (χ1n) is 9.49. The van der Waals surface area contributed by atoms with E-state index in [0.29, 0.717) is 24.7 Å². The number of benzene rings is 2. The Labute approximate surface area is 174 Å². The van der Waals surface area contributed by atoms with Gasteiger partial charge in [0.2, 0.25) is 5.88 Å². The average Bonchev–Trinajstić information content (AvgIpc) is 3.33. The van der Waals surface area contributed by atoms with Crippen LogP contribution in [0.4, 0.5) is 0 Å². The van der Waals surface area contributed by atoms with Crippen LogP contribution in [-0.2, 0) is 13.0 Å². The van der Waals surface area contributed by atoms with Crippen LogP contribution in [0.25, 0.3) is 11.3 Å². The molecule has 0 aliphatic carbocycles. The molecule has 4 rings (SSSR count). The molecule has 1 N–H and O–H groups in total. The van der Waals surface area contributed by atoms with E-state index in [1.807, 2.05) is 54.6 Å². The Morgan fingerprint density at radius 2 is 1.70 bits per heavy atom. The van der Waals surface area contributed by atoms with Gasteiger partial charge in [0, 0.05) is 24.2 Å². The molecule has 2 heterocycles. The van der Waals surface area contributed by atoms with E-state index in [-0.39, 0.29) is 0 Å². The van der Waals surface area contributed by atoms with Gasteiger partial charge in [-0.2, -0.15) is 10.1 Å². The molecule has 0 radical (unpaired) electrons. The van der Waals surface area contributed by atoms with Gasteiger partial charge in [0.15, 0.2) is 0 Å².